The quantitative estimate of drug-likeness (QED) is 0.378. The minimum atomic E-state index is 0.476. The van der Waals surface area contributed by atoms with E-state index in [1.807, 2.05) is 18.2 Å². The molecule has 0 heterocycles. The second kappa shape index (κ2) is 7.96. The zero-order chi connectivity index (χ0) is 15.9. The van der Waals surface area contributed by atoms with Gasteiger partial charge in [-0.15, -0.1) is 11.8 Å². The van der Waals surface area contributed by atoms with Gasteiger partial charge in [-0.1, -0.05) is 29.8 Å². The van der Waals surface area contributed by atoms with Crippen molar-refractivity contribution in [3.05, 3.63) is 59.2 Å². The van der Waals surface area contributed by atoms with Gasteiger partial charge in [0.2, 0.25) is 0 Å². The lowest BCUT2D eigenvalue weighted by Crippen LogP contribution is -2.24. The van der Waals surface area contributed by atoms with Crippen molar-refractivity contribution in [1.82, 2.24) is 5.43 Å². The number of hydrazone groups is 1. The van der Waals surface area contributed by atoms with Crippen molar-refractivity contribution >= 4 is 41.0 Å². The molecule has 0 amide bonds. The normalized spacial score (nSPS) is 10.7. The highest BCUT2D eigenvalue weighted by atomic mass is 32.2. The molecule has 0 aliphatic heterocycles. The third-order valence-corrected chi connectivity index (χ3v) is 4.06. The summed E-state index contributed by atoms with van der Waals surface area (Å²) >= 11 is 6.96. The number of aryl methyl sites for hydroxylation is 2. The van der Waals surface area contributed by atoms with Crippen molar-refractivity contribution in [2.75, 3.05) is 11.6 Å². The third kappa shape index (κ3) is 4.86. The number of thiocarbonyl (C=S) groups is 1. The Hall–Kier alpha value is -1.85. The zero-order valence-electron chi connectivity index (χ0n) is 12.9. The standard InChI is InChI=1S/C17H19N3S2/c1-12-4-9-16(13(2)10-12)19-17(21)20-18-11-14-5-7-15(22-3)8-6-14/h4-11H,1-3H3,(H2,19,20,21). The van der Waals surface area contributed by atoms with E-state index in [0.717, 1.165) is 16.8 Å². The lowest BCUT2D eigenvalue weighted by molar-refractivity contribution is 1.05. The molecule has 2 aromatic rings. The van der Waals surface area contributed by atoms with Crippen LogP contribution in [0.3, 0.4) is 0 Å². The number of nitrogens with zero attached hydrogens (tertiary/aromatic N) is 1. The van der Waals surface area contributed by atoms with E-state index in [9.17, 15) is 0 Å². The fourth-order valence-corrected chi connectivity index (χ4v) is 2.53. The van der Waals surface area contributed by atoms with E-state index in [0.29, 0.717) is 5.11 Å². The monoisotopic (exact) mass is 329 g/mol. The second-order valence-electron chi connectivity index (χ2n) is 4.92. The molecule has 0 aromatic heterocycles. The van der Waals surface area contributed by atoms with Gasteiger partial charge in [0.05, 0.1) is 6.21 Å². The van der Waals surface area contributed by atoms with Crippen LogP contribution in [0.4, 0.5) is 5.69 Å². The molecule has 5 heteroatoms. The van der Waals surface area contributed by atoms with Crippen molar-refractivity contribution in [3.63, 3.8) is 0 Å². The van der Waals surface area contributed by atoms with Gasteiger partial charge < -0.3 is 5.32 Å². The maximum Gasteiger partial charge on any atom is 0.191 e. The fraction of sp³-hybridized carbons (Fsp3) is 0.176. The minimum absolute atomic E-state index is 0.476. The summed E-state index contributed by atoms with van der Waals surface area (Å²) in [4.78, 5) is 1.23. The van der Waals surface area contributed by atoms with Gasteiger partial charge in [-0.2, -0.15) is 5.10 Å². The van der Waals surface area contributed by atoms with Crippen molar-refractivity contribution in [3.8, 4) is 0 Å². The molecule has 22 heavy (non-hydrogen) atoms. The van der Waals surface area contributed by atoms with E-state index < -0.39 is 0 Å². The Morgan fingerprint density at radius 1 is 1.14 bits per heavy atom. The molecule has 114 valence electrons. The van der Waals surface area contributed by atoms with Gasteiger partial charge in [0.1, 0.15) is 0 Å². The molecule has 0 radical (unpaired) electrons. The summed E-state index contributed by atoms with van der Waals surface area (Å²) in [7, 11) is 0. The molecule has 0 bridgehead atoms. The average molecular weight is 329 g/mol. The summed E-state index contributed by atoms with van der Waals surface area (Å²) in [6.07, 6.45) is 3.81. The lowest BCUT2D eigenvalue weighted by Gasteiger charge is -2.10. The molecule has 3 nitrogen and oxygen atoms in total. The van der Waals surface area contributed by atoms with E-state index in [4.69, 9.17) is 12.2 Å². The Labute approximate surface area is 141 Å². The number of benzene rings is 2. The van der Waals surface area contributed by atoms with E-state index >= 15 is 0 Å². The molecular weight excluding hydrogens is 310 g/mol. The summed E-state index contributed by atoms with van der Waals surface area (Å²) < 4.78 is 0. The highest BCUT2D eigenvalue weighted by molar-refractivity contribution is 7.98. The molecule has 0 aliphatic rings. The lowest BCUT2D eigenvalue weighted by atomic mass is 10.1. The summed E-state index contributed by atoms with van der Waals surface area (Å²) in [5, 5.41) is 7.78. The van der Waals surface area contributed by atoms with Crippen molar-refractivity contribution in [2.24, 2.45) is 5.10 Å². The molecule has 0 saturated carbocycles. The Kier molecular flexibility index (Phi) is 5.98. The molecule has 0 fully saturated rings. The SMILES string of the molecule is CSc1ccc(C=NNC(=S)Nc2ccc(C)cc2C)cc1. The summed E-state index contributed by atoms with van der Waals surface area (Å²) in [5.74, 6) is 0. The van der Waals surface area contributed by atoms with E-state index in [1.165, 1.54) is 10.5 Å². The van der Waals surface area contributed by atoms with Gasteiger partial charge in [-0.05, 0) is 61.6 Å². The predicted octanol–water partition coefficient (Wildman–Crippen LogP) is 4.35. The third-order valence-electron chi connectivity index (χ3n) is 3.13. The molecule has 2 rings (SSSR count). The maximum absolute atomic E-state index is 5.24. The van der Waals surface area contributed by atoms with Crippen molar-refractivity contribution in [2.45, 2.75) is 18.7 Å². The number of hydrogen-bond donors (Lipinski definition) is 2. The van der Waals surface area contributed by atoms with Gasteiger partial charge in [0, 0.05) is 10.6 Å². The predicted molar refractivity (Wildman–Crippen MR) is 101 cm³/mol. The van der Waals surface area contributed by atoms with Gasteiger partial charge in [0.15, 0.2) is 5.11 Å². The Morgan fingerprint density at radius 3 is 2.50 bits per heavy atom. The number of thioether (sulfide) groups is 1. The van der Waals surface area contributed by atoms with E-state index in [1.54, 1.807) is 18.0 Å². The Morgan fingerprint density at radius 2 is 1.86 bits per heavy atom. The van der Waals surface area contributed by atoms with Crippen LogP contribution in [0.5, 0.6) is 0 Å². The molecule has 0 aliphatic carbocycles. The summed E-state index contributed by atoms with van der Waals surface area (Å²) in [6.45, 7) is 4.12. The van der Waals surface area contributed by atoms with Crippen molar-refractivity contribution < 1.29 is 0 Å². The highest BCUT2D eigenvalue weighted by Crippen LogP contribution is 2.16. The molecule has 0 atom stereocenters. The van der Waals surface area contributed by atoms with Gasteiger partial charge in [0.25, 0.3) is 0 Å². The minimum Gasteiger partial charge on any atom is -0.331 e. The van der Waals surface area contributed by atoms with Crippen LogP contribution in [-0.4, -0.2) is 17.6 Å². The summed E-state index contributed by atoms with van der Waals surface area (Å²) in [6, 6.07) is 14.4. The Balaban J connectivity index is 1.90. The van der Waals surface area contributed by atoms with Crippen LogP contribution in [-0.2, 0) is 0 Å². The van der Waals surface area contributed by atoms with Crippen LogP contribution in [0.1, 0.15) is 16.7 Å². The topological polar surface area (TPSA) is 36.4 Å². The first-order chi connectivity index (χ1) is 10.6. The first-order valence-corrected chi connectivity index (χ1v) is 8.53. The number of hydrogen-bond acceptors (Lipinski definition) is 3. The molecule has 2 N–H and O–H groups in total. The van der Waals surface area contributed by atoms with Crippen LogP contribution in [0.15, 0.2) is 52.5 Å². The van der Waals surface area contributed by atoms with Gasteiger partial charge >= 0.3 is 0 Å². The number of nitrogens with one attached hydrogen (secondary N) is 2. The van der Waals surface area contributed by atoms with E-state index in [-0.39, 0.29) is 0 Å². The zero-order valence-corrected chi connectivity index (χ0v) is 14.5. The van der Waals surface area contributed by atoms with Crippen LogP contribution in [0, 0.1) is 13.8 Å². The molecule has 0 unspecified atom stereocenters. The average Bonchev–Trinajstić information content (AvgIpc) is 2.51. The number of anilines is 1. The van der Waals surface area contributed by atoms with E-state index in [2.05, 4.69) is 60.2 Å². The fourth-order valence-electron chi connectivity index (χ4n) is 1.96. The van der Waals surface area contributed by atoms with Gasteiger partial charge in [-0.25, -0.2) is 0 Å². The summed E-state index contributed by atoms with van der Waals surface area (Å²) in [5.41, 5.74) is 7.23. The first-order valence-electron chi connectivity index (χ1n) is 6.90. The highest BCUT2D eigenvalue weighted by Gasteiger charge is 2.00. The van der Waals surface area contributed by atoms with Crippen LogP contribution in [0.25, 0.3) is 0 Å². The Bertz CT molecular complexity index is 679. The molecule has 0 spiro atoms. The van der Waals surface area contributed by atoms with Crippen LogP contribution < -0.4 is 10.7 Å². The number of rotatable bonds is 4. The maximum atomic E-state index is 5.24. The molecule has 0 saturated heterocycles. The van der Waals surface area contributed by atoms with Crippen molar-refractivity contribution in [1.29, 1.82) is 0 Å². The van der Waals surface area contributed by atoms with Gasteiger partial charge in [-0.3, -0.25) is 5.43 Å². The molecular formula is C17H19N3S2. The second-order valence-corrected chi connectivity index (χ2v) is 6.20. The first kappa shape index (κ1) is 16.5. The van der Waals surface area contributed by atoms with Crippen LogP contribution >= 0.6 is 24.0 Å². The smallest absolute Gasteiger partial charge is 0.191 e. The largest absolute Gasteiger partial charge is 0.331 e. The molecule has 2 aromatic carbocycles. The van der Waals surface area contributed by atoms with Crippen LogP contribution in [0.2, 0.25) is 0 Å².